The first-order valence-electron chi connectivity index (χ1n) is 12.5. The standard InChI is InChI=1S/C28H29BrN4O2.C2H6/c1-20-13-14-25(35-19-23-11-7-4-8-12-23)21(2)26(20)32-27-24(29)17-31-28(33-27)30-15-16-34-18-22-9-5-3-6-10-22;1-2/h3-14,17H,15-16,18-19H2,1-2H3,(H2,30,31,32,33);1-2H3. The molecule has 1 aromatic heterocycles. The first kappa shape index (κ1) is 28.2. The van der Waals surface area contributed by atoms with Crippen molar-refractivity contribution in [1.82, 2.24) is 9.97 Å². The molecular formula is C30H35BrN4O2. The van der Waals surface area contributed by atoms with Crippen molar-refractivity contribution in [2.24, 2.45) is 0 Å². The van der Waals surface area contributed by atoms with E-state index in [2.05, 4.69) is 67.7 Å². The third-order valence-corrected chi connectivity index (χ3v) is 6.07. The molecule has 4 rings (SSSR count). The highest BCUT2D eigenvalue weighted by Gasteiger charge is 2.13. The van der Waals surface area contributed by atoms with Gasteiger partial charge in [-0.25, -0.2) is 4.98 Å². The maximum atomic E-state index is 6.11. The summed E-state index contributed by atoms with van der Waals surface area (Å²) in [5.74, 6) is 2.05. The second-order valence-corrected chi connectivity index (χ2v) is 8.99. The molecule has 0 aliphatic rings. The molecule has 37 heavy (non-hydrogen) atoms. The fraction of sp³-hybridized carbons (Fsp3) is 0.267. The van der Waals surface area contributed by atoms with Crippen molar-refractivity contribution in [3.05, 3.63) is 106 Å². The molecule has 0 amide bonds. The van der Waals surface area contributed by atoms with Crippen molar-refractivity contribution < 1.29 is 9.47 Å². The van der Waals surface area contributed by atoms with E-state index in [9.17, 15) is 0 Å². The smallest absolute Gasteiger partial charge is 0.224 e. The topological polar surface area (TPSA) is 68.3 Å². The van der Waals surface area contributed by atoms with E-state index in [0.29, 0.717) is 38.1 Å². The quantitative estimate of drug-likeness (QED) is 0.181. The number of ether oxygens (including phenoxy) is 2. The second-order valence-electron chi connectivity index (χ2n) is 8.13. The van der Waals surface area contributed by atoms with E-state index < -0.39 is 0 Å². The molecule has 0 saturated carbocycles. The number of hydrogen-bond acceptors (Lipinski definition) is 6. The van der Waals surface area contributed by atoms with Crippen LogP contribution >= 0.6 is 15.9 Å². The van der Waals surface area contributed by atoms with Gasteiger partial charge in [-0.1, -0.05) is 80.6 Å². The summed E-state index contributed by atoms with van der Waals surface area (Å²) in [5, 5.41) is 6.69. The lowest BCUT2D eigenvalue weighted by Crippen LogP contribution is -2.12. The van der Waals surface area contributed by atoms with Gasteiger partial charge in [0.05, 0.1) is 17.7 Å². The molecule has 1 heterocycles. The Morgan fingerprint density at radius 1 is 0.838 bits per heavy atom. The number of nitrogens with zero attached hydrogens (tertiary/aromatic N) is 2. The molecule has 0 bridgehead atoms. The molecule has 2 N–H and O–H groups in total. The predicted octanol–water partition coefficient (Wildman–Crippen LogP) is 7.83. The Morgan fingerprint density at radius 3 is 2.16 bits per heavy atom. The summed E-state index contributed by atoms with van der Waals surface area (Å²) in [5.41, 5.74) is 5.37. The minimum atomic E-state index is 0.516. The second kappa shape index (κ2) is 15.0. The minimum absolute atomic E-state index is 0.516. The number of aryl methyl sites for hydroxylation is 1. The van der Waals surface area contributed by atoms with Gasteiger partial charge in [-0.2, -0.15) is 4.98 Å². The number of halogens is 1. The van der Waals surface area contributed by atoms with Crippen LogP contribution in [0.2, 0.25) is 0 Å². The Labute approximate surface area is 228 Å². The third kappa shape index (κ3) is 8.58. The van der Waals surface area contributed by atoms with Gasteiger partial charge in [0.15, 0.2) is 0 Å². The molecule has 7 heteroatoms. The van der Waals surface area contributed by atoms with Crippen molar-refractivity contribution in [1.29, 1.82) is 0 Å². The molecular weight excluding hydrogens is 528 g/mol. The molecule has 0 spiro atoms. The van der Waals surface area contributed by atoms with Crippen LogP contribution in [-0.2, 0) is 18.0 Å². The van der Waals surface area contributed by atoms with E-state index in [1.54, 1.807) is 6.20 Å². The minimum Gasteiger partial charge on any atom is -0.489 e. The highest BCUT2D eigenvalue weighted by atomic mass is 79.9. The average molecular weight is 564 g/mol. The molecule has 6 nitrogen and oxygen atoms in total. The van der Waals surface area contributed by atoms with Crippen LogP contribution < -0.4 is 15.4 Å². The van der Waals surface area contributed by atoms with Crippen molar-refractivity contribution in [3.63, 3.8) is 0 Å². The Hall–Kier alpha value is -3.42. The Bertz CT molecular complexity index is 1240. The molecule has 0 aliphatic heterocycles. The number of aromatic nitrogens is 2. The normalized spacial score (nSPS) is 10.3. The fourth-order valence-corrected chi connectivity index (χ4v) is 3.86. The predicted molar refractivity (Wildman–Crippen MR) is 156 cm³/mol. The zero-order valence-electron chi connectivity index (χ0n) is 21.9. The highest BCUT2D eigenvalue weighted by Crippen LogP contribution is 2.33. The van der Waals surface area contributed by atoms with Crippen LogP contribution in [0.1, 0.15) is 36.1 Å². The van der Waals surface area contributed by atoms with Gasteiger partial charge in [-0.15, -0.1) is 0 Å². The lowest BCUT2D eigenvalue weighted by atomic mass is 10.1. The van der Waals surface area contributed by atoms with Gasteiger partial charge in [0, 0.05) is 24.0 Å². The van der Waals surface area contributed by atoms with E-state index >= 15 is 0 Å². The van der Waals surface area contributed by atoms with Crippen LogP contribution in [-0.4, -0.2) is 23.1 Å². The maximum Gasteiger partial charge on any atom is 0.224 e. The highest BCUT2D eigenvalue weighted by molar-refractivity contribution is 9.10. The van der Waals surface area contributed by atoms with Gasteiger partial charge in [0.1, 0.15) is 18.2 Å². The van der Waals surface area contributed by atoms with Gasteiger partial charge in [0.2, 0.25) is 5.95 Å². The number of benzene rings is 3. The van der Waals surface area contributed by atoms with Crippen molar-refractivity contribution in [2.75, 3.05) is 23.8 Å². The van der Waals surface area contributed by atoms with Gasteiger partial charge in [-0.3, -0.25) is 0 Å². The summed E-state index contributed by atoms with van der Waals surface area (Å²) in [6.45, 7) is 10.4. The summed E-state index contributed by atoms with van der Waals surface area (Å²) in [6, 6.07) is 24.3. The molecule has 0 atom stereocenters. The van der Waals surface area contributed by atoms with Crippen molar-refractivity contribution in [3.8, 4) is 5.75 Å². The van der Waals surface area contributed by atoms with E-state index in [0.717, 1.165) is 38.2 Å². The summed E-state index contributed by atoms with van der Waals surface area (Å²) in [7, 11) is 0. The fourth-order valence-electron chi connectivity index (χ4n) is 3.57. The molecule has 4 aromatic rings. The zero-order chi connectivity index (χ0) is 26.5. The lowest BCUT2D eigenvalue weighted by molar-refractivity contribution is 0.130. The van der Waals surface area contributed by atoms with Gasteiger partial charge >= 0.3 is 0 Å². The van der Waals surface area contributed by atoms with Crippen LogP contribution in [0.5, 0.6) is 5.75 Å². The first-order valence-corrected chi connectivity index (χ1v) is 13.3. The molecule has 0 radical (unpaired) electrons. The molecule has 0 unspecified atom stereocenters. The van der Waals surface area contributed by atoms with E-state index in [4.69, 9.17) is 9.47 Å². The monoisotopic (exact) mass is 562 g/mol. The van der Waals surface area contributed by atoms with Crippen LogP contribution in [0.3, 0.4) is 0 Å². The van der Waals surface area contributed by atoms with Crippen LogP contribution in [0.25, 0.3) is 0 Å². The summed E-state index contributed by atoms with van der Waals surface area (Å²) >= 11 is 3.56. The average Bonchev–Trinajstić information content (AvgIpc) is 2.94. The van der Waals surface area contributed by atoms with E-state index in [1.807, 2.05) is 69.3 Å². The Kier molecular flexibility index (Phi) is 11.4. The van der Waals surface area contributed by atoms with E-state index in [-0.39, 0.29) is 0 Å². The Morgan fingerprint density at radius 2 is 1.49 bits per heavy atom. The molecule has 0 fully saturated rings. The van der Waals surface area contributed by atoms with Crippen molar-refractivity contribution >= 4 is 33.4 Å². The molecule has 3 aromatic carbocycles. The maximum absolute atomic E-state index is 6.11. The number of nitrogens with one attached hydrogen (secondary N) is 2. The largest absolute Gasteiger partial charge is 0.489 e. The van der Waals surface area contributed by atoms with Crippen LogP contribution in [0, 0.1) is 13.8 Å². The third-order valence-electron chi connectivity index (χ3n) is 5.49. The number of anilines is 3. The van der Waals surface area contributed by atoms with Gasteiger partial charge in [0.25, 0.3) is 0 Å². The lowest BCUT2D eigenvalue weighted by Gasteiger charge is -2.17. The number of hydrogen-bond donors (Lipinski definition) is 2. The Balaban J connectivity index is 0.00000186. The molecule has 194 valence electrons. The number of rotatable bonds is 11. The first-order chi connectivity index (χ1) is 18.1. The van der Waals surface area contributed by atoms with Crippen molar-refractivity contribution in [2.45, 2.75) is 40.9 Å². The van der Waals surface area contributed by atoms with E-state index in [1.165, 1.54) is 0 Å². The summed E-state index contributed by atoms with van der Waals surface area (Å²) in [4.78, 5) is 9.02. The van der Waals surface area contributed by atoms with Gasteiger partial charge in [-0.05, 0) is 52.5 Å². The SMILES string of the molecule is CC.Cc1ccc(OCc2ccccc2)c(C)c1Nc1nc(NCCOCc2ccccc2)ncc1Br. The summed E-state index contributed by atoms with van der Waals surface area (Å²) < 4.78 is 12.6. The molecule has 0 aliphatic carbocycles. The molecule has 0 saturated heterocycles. The van der Waals surface area contributed by atoms with Gasteiger partial charge < -0.3 is 20.1 Å². The zero-order valence-corrected chi connectivity index (χ0v) is 23.5. The van der Waals surface area contributed by atoms with Crippen LogP contribution in [0.15, 0.2) is 83.5 Å². The van der Waals surface area contributed by atoms with Crippen LogP contribution in [0.4, 0.5) is 17.5 Å². The summed E-state index contributed by atoms with van der Waals surface area (Å²) in [6.07, 6.45) is 1.74.